The normalized spacial score (nSPS) is 11.3. The molecule has 1 aromatic rings. The first-order valence-corrected chi connectivity index (χ1v) is 5.35. The summed E-state index contributed by atoms with van der Waals surface area (Å²) in [6, 6.07) is 1.21. The number of aromatic nitrogens is 1. The molecule has 0 saturated carbocycles. The van der Waals surface area contributed by atoms with E-state index in [2.05, 4.69) is 25.7 Å². The van der Waals surface area contributed by atoms with Crippen LogP contribution >= 0.6 is 15.9 Å². The molecule has 0 amide bonds. The Kier molecular flexibility index (Phi) is 2.89. The molecule has 0 spiro atoms. The first-order valence-electron chi connectivity index (χ1n) is 3.12. The van der Waals surface area contributed by atoms with Gasteiger partial charge in [0.15, 0.2) is 4.90 Å². The van der Waals surface area contributed by atoms with Crippen molar-refractivity contribution in [1.29, 1.82) is 0 Å². The van der Waals surface area contributed by atoms with E-state index in [1.165, 1.54) is 19.4 Å². The lowest BCUT2D eigenvalue weighted by Crippen LogP contribution is -2.02. The highest BCUT2D eigenvalue weighted by Crippen LogP contribution is 2.23. The molecule has 1 heterocycles. The largest absolute Gasteiger partial charge is 0.480 e. The van der Waals surface area contributed by atoms with Gasteiger partial charge in [0.1, 0.15) is 0 Å². The van der Waals surface area contributed by atoms with E-state index in [0.29, 0.717) is 4.47 Å². The predicted octanol–water partition coefficient (Wildman–Crippen LogP) is 1.10. The third-order valence-electron chi connectivity index (χ3n) is 1.26. The molecule has 0 radical (unpaired) electrons. The van der Waals surface area contributed by atoms with Gasteiger partial charge in [0, 0.05) is 10.7 Å². The molecule has 5 nitrogen and oxygen atoms in total. The van der Waals surface area contributed by atoms with Gasteiger partial charge in [-0.25, -0.2) is 4.98 Å². The first-order chi connectivity index (χ1) is 5.95. The van der Waals surface area contributed by atoms with Gasteiger partial charge in [-0.3, -0.25) is 4.55 Å². The minimum Gasteiger partial charge on any atom is -0.480 e. The van der Waals surface area contributed by atoms with Crippen LogP contribution in [0.25, 0.3) is 0 Å². The Labute approximate surface area is 83.6 Å². The molecule has 0 fully saturated rings. The molecule has 0 aliphatic rings. The Bertz CT molecular complexity index is 417. The Balaban J connectivity index is 3.41. The molecule has 0 saturated heterocycles. The third-order valence-corrected chi connectivity index (χ3v) is 2.54. The molecule has 0 aliphatic carbocycles. The van der Waals surface area contributed by atoms with Gasteiger partial charge in [0.25, 0.3) is 10.1 Å². The van der Waals surface area contributed by atoms with E-state index >= 15 is 0 Å². The Hall–Kier alpha value is -0.660. The lowest BCUT2D eigenvalue weighted by molar-refractivity contribution is 0.380. The number of hydrogen-bond acceptors (Lipinski definition) is 4. The number of methoxy groups -OCH3 is 1. The summed E-state index contributed by atoms with van der Waals surface area (Å²) in [6.07, 6.45) is 1.37. The number of ether oxygens (including phenoxy) is 1. The summed E-state index contributed by atoms with van der Waals surface area (Å²) in [4.78, 5) is 3.30. The second-order valence-electron chi connectivity index (χ2n) is 2.14. The molecule has 1 aromatic heterocycles. The van der Waals surface area contributed by atoms with Crippen molar-refractivity contribution in [2.24, 2.45) is 0 Å². The molecule has 1 N–H and O–H groups in total. The molecule has 13 heavy (non-hydrogen) atoms. The highest BCUT2D eigenvalue weighted by Gasteiger charge is 2.17. The average molecular weight is 268 g/mol. The summed E-state index contributed by atoms with van der Waals surface area (Å²) in [7, 11) is -3.02. The van der Waals surface area contributed by atoms with Crippen LogP contribution in [0.5, 0.6) is 5.88 Å². The predicted molar refractivity (Wildman–Crippen MR) is 48.3 cm³/mol. The van der Waals surface area contributed by atoms with Gasteiger partial charge in [0.05, 0.1) is 7.11 Å². The van der Waals surface area contributed by atoms with Crippen LogP contribution in [0, 0.1) is 0 Å². The zero-order valence-electron chi connectivity index (χ0n) is 6.56. The van der Waals surface area contributed by atoms with Crippen LogP contribution in [0.2, 0.25) is 0 Å². The molecule has 0 unspecified atom stereocenters. The van der Waals surface area contributed by atoms with Crippen LogP contribution in [-0.2, 0) is 10.1 Å². The van der Waals surface area contributed by atoms with Gasteiger partial charge in [-0.2, -0.15) is 8.42 Å². The average Bonchev–Trinajstić information content (AvgIpc) is 2.03. The van der Waals surface area contributed by atoms with E-state index in [1.54, 1.807) is 0 Å². The molecule has 1 rings (SSSR count). The molecule has 72 valence electrons. The van der Waals surface area contributed by atoms with Crippen LogP contribution < -0.4 is 4.74 Å². The van der Waals surface area contributed by atoms with E-state index in [9.17, 15) is 8.42 Å². The summed E-state index contributed by atoms with van der Waals surface area (Å²) in [6.45, 7) is 0. The number of halogens is 1. The van der Waals surface area contributed by atoms with Crippen molar-refractivity contribution in [3.63, 3.8) is 0 Å². The van der Waals surface area contributed by atoms with Crippen LogP contribution in [-0.4, -0.2) is 25.1 Å². The topological polar surface area (TPSA) is 76.5 Å². The standard InChI is InChI=1S/C6H6BrNO4S/c1-12-6-5(13(9,10)11)2-4(7)3-8-6/h2-3H,1H3,(H,9,10,11). The van der Waals surface area contributed by atoms with E-state index in [-0.39, 0.29) is 10.8 Å². The van der Waals surface area contributed by atoms with Gasteiger partial charge < -0.3 is 4.74 Å². The van der Waals surface area contributed by atoms with Crippen molar-refractivity contribution in [3.8, 4) is 5.88 Å². The fraction of sp³-hybridized carbons (Fsp3) is 0.167. The minimum absolute atomic E-state index is 0.134. The summed E-state index contributed by atoms with van der Waals surface area (Å²) in [5, 5.41) is 0. The van der Waals surface area contributed by atoms with Crippen molar-refractivity contribution in [3.05, 3.63) is 16.7 Å². The van der Waals surface area contributed by atoms with E-state index in [4.69, 9.17) is 4.55 Å². The molecule has 0 bridgehead atoms. The summed E-state index contributed by atoms with van der Waals surface area (Å²) in [5.74, 6) is -0.134. The second-order valence-corrected chi connectivity index (χ2v) is 4.44. The quantitative estimate of drug-likeness (QED) is 0.813. The number of pyridine rings is 1. The van der Waals surface area contributed by atoms with Gasteiger partial charge in [-0.05, 0) is 22.0 Å². The first kappa shape index (κ1) is 10.4. The maximum absolute atomic E-state index is 10.8. The van der Waals surface area contributed by atoms with Gasteiger partial charge in [-0.15, -0.1) is 0 Å². The lowest BCUT2D eigenvalue weighted by atomic mass is 10.5. The van der Waals surface area contributed by atoms with Crippen LogP contribution in [0.3, 0.4) is 0 Å². The monoisotopic (exact) mass is 267 g/mol. The molecule has 0 aromatic carbocycles. The van der Waals surface area contributed by atoms with Crippen LogP contribution in [0.4, 0.5) is 0 Å². The smallest absolute Gasteiger partial charge is 0.299 e. The van der Waals surface area contributed by atoms with Crippen LogP contribution in [0.1, 0.15) is 0 Å². The highest BCUT2D eigenvalue weighted by molar-refractivity contribution is 9.10. The van der Waals surface area contributed by atoms with Gasteiger partial charge in [-0.1, -0.05) is 0 Å². The van der Waals surface area contributed by atoms with Crippen molar-refractivity contribution in [2.75, 3.05) is 7.11 Å². The molecular formula is C6H6BrNO4S. The van der Waals surface area contributed by atoms with E-state index in [0.717, 1.165) is 0 Å². The van der Waals surface area contributed by atoms with Crippen molar-refractivity contribution in [2.45, 2.75) is 4.90 Å². The molecular weight excluding hydrogens is 262 g/mol. The second kappa shape index (κ2) is 3.60. The number of hydrogen-bond donors (Lipinski definition) is 1. The van der Waals surface area contributed by atoms with Crippen LogP contribution in [0.15, 0.2) is 21.6 Å². The lowest BCUT2D eigenvalue weighted by Gasteiger charge is -2.03. The zero-order chi connectivity index (χ0) is 10.1. The Morgan fingerprint density at radius 1 is 1.62 bits per heavy atom. The van der Waals surface area contributed by atoms with Crippen molar-refractivity contribution < 1.29 is 17.7 Å². The number of rotatable bonds is 2. The summed E-state index contributed by atoms with van der Waals surface area (Å²) in [5.41, 5.74) is 0. The molecule has 0 atom stereocenters. The third kappa shape index (κ3) is 2.39. The van der Waals surface area contributed by atoms with Crippen molar-refractivity contribution >= 4 is 26.0 Å². The van der Waals surface area contributed by atoms with E-state index < -0.39 is 10.1 Å². The van der Waals surface area contributed by atoms with Crippen molar-refractivity contribution in [1.82, 2.24) is 4.98 Å². The van der Waals surface area contributed by atoms with Gasteiger partial charge in [0.2, 0.25) is 5.88 Å². The highest BCUT2D eigenvalue weighted by atomic mass is 79.9. The zero-order valence-corrected chi connectivity index (χ0v) is 8.96. The number of nitrogens with zero attached hydrogens (tertiary/aromatic N) is 1. The minimum atomic E-state index is -4.29. The summed E-state index contributed by atoms with van der Waals surface area (Å²) < 4.78 is 35.4. The molecule has 0 aliphatic heterocycles. The fourth-order valence-corrected chi connectivity index (χ4v) is 1.86. The maximum Gasteiger partial charge on any atom is 0.299 e. The fourth-order valence-electron chi connectivity index (χ4n) is 0.746. The SMILES string of the molecule is COc1ncc(Br)cc1S(=O)(=O)O. The summed E-state index contributed by atoms with van der Waals surface area (Å²) >= 11 is 3.02. The van der Waals surface area contributed by atoms with Gasteiger partial charge >= 0.3 is 0 Å². The Morgan fingerprint density at radius 2 is 2.23 bits per heavy atom. The van der Waals surface area contributed by atoms with E-state index in [1.807, 2.05) is 0 Å². The molecule has 7 heteroatoms. The Morgan fingerprint density at radius 3 is 2.69 bits per heavy atom. The maximum atomic E-state index is 10.8.